The van der Waals surface area contributed by atoms with Crippen molar-refractivity contribution in [2.75, 3.05) is 18.7 Å². The Kier molecular flexibility index (Phi) is 3.85. The zero-order valence-corrected chi connectivity index (χ0v) is 11.3. The predicted octanol–water partition coefficient (Wildman–Crippen LogP) is 1.89. The third-order valence-electron chi connectivity index (χ3n) is 2.89. The molecule has 0 radical (unpaired) electrons. The van der Waals surface area contributed by atoms with E-state index in [1.54, 1.807) is 29.3 Å². The maximum atomic E-state index is 11.7. The van der Waals surface area contributed by atoms with Crippen LogP contribution >= 0.6 is 11.6 Å². The monoisotopic (exact) mass is 280 g/mol. The Labute approximate surface area is 115 Å². The van der Waals surface area contributed by atoms with E-state index in [2.05, 4.69) is 5.10 Å². The van der Waals surface area contributed by atoms with Crippen molar-refractivity contribution in [2.24, 2.45) is 11.0 Å². The molecule has 100 valence electrons. The van der Waals surface area contributed by atoms with Crippen LogP contribution in [0, 0.1) is 5.92 Å². The molecule has 0 spiro atoms. The van der Waals surface area contributed by atoms with Crippen molar-refractivity contribution in [2.45, 2.75) is 6.92 Å². The van der Waals surface area contributed by atoms with E-state index >= 15 is 0 Å². The number of carbonyl (C=O) groups is 2. The lowest BCUT2D eigenvalue weighted by molar-refractivity contribution is -0.142. The van der Waals surface area contributed by atoms with Crippen LogP contribution in [0.5, 0.6) is 0 Å². The van der Waals surface area contributed by atoms with Crippen molar-refractivity contribution >= 4 is 34.8 Å². The summed E-state index contributed by atoms with van der Waals surface area (Å²) in [5.74, 6) is -1.32. The van der Waals surface area contributed by atoms with Gasteiger partial charge in [-0.1, -0.05) is 11.6 Å². The molecule has 5 nitrogen and oxygen atoms in total. The summed E-state index contributed by atoms with van der Waals surface area (Å²) in [6.07, 6.45) is 0. The van der Waals surface area contributed by atoms with Gasteiger partial charge in [0.1, 0.15) is 11.6 Å². The van der Waals surface area contributed by atoms with Crippen LogP contribution in [-0.2, 0) is 14.3 Å². The smallest absolute Gasteiger partial charge is 0.316 e. The van der Waals surface area contributed by atoms with E-state index < -0.39 is 11.9 Å². The molecule has 0 N–H and O–H groups in total. The Morgan fingerprint density at radius 1 is 1.37 bits per heavy atom. The summed E-state index contributed by atoms with van der Waals surface area (Å²) < 4.78 is 4.70. The van der Waals surface area contributed by atoms with Gasteiger partial charge in [-0.3, -0.25) is 14.6 Å². The highest BCUT2D eigenvalue weighted by Crippen LogP contribution is 2.25. The summed E-state index contributed by atoms with van der Waals surface area (Å²) in [6.45, 7) is 1.68. The highest BCUT2D eigenvalue weighted by molar-refractivity contribution is 6.43. The first-order valence-electron chi connectivity index (χ1n) is 5.73. The number of hydrogen-bond acceptors (Lipinski definition) is 5. The van der Waals surface area contributed by atoms with Crippen LogP contribution in [0.25, 0.3) is 0 Å². The lowest BCUT2D eigenvalue weighted by Crippen LogP contribution is -2.30. The van der Waals surface area contributed by atoms with Crippen LogP contribution in [-0.4, -0.2) is 31.1 Å². The highest BCUT2D eigenvalue weighted by Gasteiger charge is 2.36. The van der Waals surface area contributed by atoms with E-state index in [9.17, 15) is 9.59 Å². The van der Waals surface area contributed by atoms with Crippen LogP contribution in [0.15, 0.2) is 29.4 Å². The van der Waals surface area contributed by atoms with Crippen LogP contribution in [0.1, 0.15) is 6.92 Å². The Bertz CT molecular complexity index is 539. The van der Waals surface area contributed by atoms with Crippen molar-refractivity contribution in [3.8, 4) is 0 Å². The topological polar surface area (TPSA) is 59.0 Å². The second-order valence-electron chi connectivity index (χ2n) is 4.18. The van der Waals surface area contributed by atoms with E-state index in [0.717, 1.165) is 5.69 Å². The van der Waals surface area contributed by atoms with E-state index in [1.165, 1.54) is 14.0 Å². The second-order valence-corrected chi connectivity index (χ2v) is 4.61. The molecule has 0 aliphatic carbocycles. The molecule has 1 aromatic carbocycles. The van der Waals surface area contributed by atoms with Crippen LogP contribution in [0.2, 0.25) is 5.02 Å². The summed E-state index contributed by atoms with van der Waals surface area (Å²) >= 11 is 5.82. The second kappa shape index (κ2) is 5.40. The average Bonchev–Trinajstić information content (AvgIpc) is 2.84. The SMILES string of the molecule is COC(=O)[C@H]1CN(c2ccc(Cl)cc2)N=C1C(C)=O. The minimum Gasteiger partial charge on any atom is -0.468 e. The molecule has 0 aromatic heterocycles. The summed E-state index contributed by atoms with van der Waals surface area (Å²) in [5, 5.41) is 6.41. The van der Waals surface area contributed by atoms with E-state index in [4.69, 9.17) is 16.3 Å². The van der Waals surface area contributed by atoms with Gasteiger partial charge in [-0.15, -0.1) is 0 Å². The van der Waals surface area contributed by atoms with Gasteiger partial charge in [0.25, 0.3) is 0 Å². The molecule has 6 heteroatoms. The minimum atomic E-state index is -0.641. The molecule has 2 rings (SSSR count). The molecule has 1 aliphatic rings. The first-order valence-corrected chi connectivity index (χ1v) is 6.11. The van der Waals surface area contributed by atoms with Gasteiger partial charge in [0.05, 0.1) is 19.3 Å². The third-order valence-corrected chi connectivity index (χ3v) is 3.14. The Balaban J connectivity index is 2.28. The van der Waals surface area contributed by atoms with Crippen molar-refractivity contribution in [1.82, 2.24) is 0 Å². The molecule has 0 fully saturated rings. The molecule has 19 heavy (non-hydrogen) atoms. The van der Waals surface area contributed by atoms with E-state index in [-0.39, 0.29) is 11.5 Å². The zero-order valence-electron chi connectivity index (χ0n) is 10.6. The summed E-state index contributed by atoms with van der Waals surface area (Å²) in [5.41, 5.74) is 0.997. The van der Waals surface area contributed by atoms with Crippen LogP contribution in [0.3, 0.4) is 0 Å². The number of ether oxygens (including phenoxy) is 1. The number of hydrazone groups is 1. The number of hydrogen-bond donors (Lipinski definition) is 0. The minimum absolute atomic E-state index is 0.224. The molecule has 1 atom stereocenters. The fourth-order valence-corrected chi connectivity index (χ4v) is 2.05. The molecule has 1 heterocycles. The Morgan fingerprint density at radius 3 is 2.53 bits per heavy atom. The van der Waals surface area contributed by atoms with Gasteiger partial charge in [-0.2, -0.15) is 5.10 Å². The molecular formula is C13H13ClN2O3. The molecule has 1 aromatic rings. The first-order chi connectivity index (χ1) is 9.02. The van der Waals surface area contributed by atoms with Crippen molar-refractivity contribution < 1.29 is 14.3 Å². The number of Topliss-reactive ketones (excluding diaryl/α,β-unsaturated/α-hetero) is 1. The van der Waals surface area contributed by atoms with Gasteiger partial charge in [0, 0.05) is 11.9 Å². The number of nitrogens with zero attached hydrogens (tertiary/aromatic N) is 2. The summed E-state index contributed by atoms with van der Waals surface area (Å²) in [4.78, 5) is 23.2. The number of anilines is 1. The third kappa shape index (κ3) is 2.76. The number of carbonyl (C=O) groups excluding carboxylic acids is 2. The normalized spacial score (nSPS) is 18.2. The number of ketones is 1. The predicted molar refractivity (Wildman–Crippen MR) is 72.4 cm³/mol. The summed E-state index contributed by atoms with van der Waals surface area (Å²) in [7, 11) is 1.30. The number of halogens is 1. The van der Waals surface area contributed by atoms with Crippen LogP contribution < -0.4 is 5.01 Å². The van der Waals surface area contributed by atoms with Gasteiger partial charge < -0.3 is 4.74 Å². The lowest BCUT2D eigenvalue weighted by atomic mass is 10.0. The van der Waals surface area contributed by atoms with Gasteiger partial charge in [-0.25, -0.2) is 0 Å². The van der Waals surface area contributed by atoms with Crippen molar-refractivity contribution in [3.05, 3.63) is 29.3 Å². The van der Waals surface area contributed by atoms with Gasteiger partial charge in [0.2, 0.25) is 0 Å². The molecule has 0 saturated carbocycles. The van der Waals surface area contributed by atoms with Crippen molar-refractivity contribution in [1.29, 1.82) is 0 Å². The number of rotatable bonds is 3. The van der Waals surface area contributed by atoms with Gasteiger partial charge >= 0.3 is 5.97 Å². The first kappa shape index (κ1) is 13.5. The highest BCUT2D eigenvalue weighted by atomic mass is 35.5. The fourth-order valence-electron chi connectivity index (χ4n) is 1.92. The van der Waals surface area contributed by atoms with Gasteiger partial charge in [0.15, 0.2) is 5.78 Å². The Hall–Kier alpha value is -1.88. The number of benzene rings is 1. The van der Waals surface area contributed by atoms with E-state index in [1.807, 2.05) is 0 Å². The molecule has 0 saturated heterocycles. The van der Waals surface area contributed by atoms with Gasteiger partial charge in [-0.05, 0) is 24.3 Å². The lowest BCUT2D eigenvalue weighted by Gasteiger charge is -2.14. The summed E-state index contributed by atoms with van der Waals surface area (Å²) in [6, 6.07) is 7.02. The number of methoxy groups -OCH3 is 1. The van der Waals surface area contributed by atoms with E-state index in [0.29, 0.717) is 11.6 Å². The van der Waals surface area contributed by atoms with Crippen molar-refractivity contribution in [3.63, 3.8) is 0 Å². The maximum Gasteiger partial charge on any atom is 0.316 e. The number of esters is 1. The Morgan fingerprint density at radius 2 is 2.00 bits per heavy atom. The molecular weight excluding hydrogens is 268 g/mol. The molecule has 0 bridgehead atoms. The average molecular weight is 281 g/mol. The van der Waals surface area contributed by atoms with Crippen LogP contribution in [0.4, 0.5) is 5.69 Å². The molecule has 1 aliphatic heterocycles. The standard InChI is InChI=1S/C13H13ClN2O3/c1-8(17)12-11(13(18)19-2)7-16(15-12)10-5-3-9(14)4-6-10/h3-6,11H,7H2,1-2H3/t11-/m0/s1. The largest absolute Gasteiger partial charge is 0.468 e. The maximum absolute atomic E-state index is 11.7. The zero-order chi connectivity index (χ0) is 14.0. The molecule has 0 amide bonds. The fraction of sp³-hybridized carbons (Fsp3) is 0.308. The molecule has 0 unspecified atom stereocenters. The quantitative estimate of drug-likeness (QED) is 0.794.